The zero-order valence-electron chi connectivity index (χ0n) is 16.3. The number of fused-ring (bicyclic) bond motifs is 1. The molecular formula is C20H25N5OS. The highest BCUT2D eigenvalue weighted by Crippen LogP contribution is 2.27. The van der Waals surface area contributed by atoms with Gasteiger partial charge in [-0.15, -0.1) is 11.3 Å². The molecule has 6 nitrogen and oxygen atoms in total. The van der Waals surface area contributed by atoms with Crippen LogP contribution in [0.2, 0.25) is 0 Å². The molecule has 0 amide bonds. The van der Waals surface area contributed by atoms with Gasteiger partial charge in [-0.2, -0.15) is 0 Å². The average molecular weight is 384 g/mol. The Kier molecular flexibility index (Phi) is 4.63. The van der Waals surface area contributed by atoms with Gasteiger partial charge in [0.25, 0.3) is 5.56 Å². The molecule has 1 aromatic carbocycles. The Bertz CT molecular complexity index is 1010. The summed E-state index contributed by atoms with van der Waals surface area (Å²) in [6, 6.07) is 6.11. The average Bonchev–Trinajstić information content (AvgIpc) is 3.00. The highest BCUT2D eigenvalue weighted by molar-refractivity contribution is 7.15. The molecule has 0 saturated carbocycles. The summed E-state index contributed by atoms with van der Waals surface area (Å²) in [6.45, 7) is 12.0. The van der Waals surface area contributed by atoms with Crippen molar-refractivity contribution in [2.24, 2.45) is 0 Å². The normalized spacial score (nSPS) is 15.1. The Hall–Kier alpha value is -2.41. The predicted octanol–water partition coefficient (Wildman–Crippen LogP) is 3.38. The first-order chi connectivity index (χ1) is 12.9. The number of benzene rings is 1. The zero-order valence-corrected chi connectivity index (χ0v) is 17.1. The van der Waals surface area contributed by atoms with Crippen LogP contribution in [0.1, 0.15) is 30.5 Å². The third-order valence-electron chi connectivity index (χ3n) is 5.26. The first kappa shape index (κ1) is 18.0. The summed E-state index contributed by atoms with van der Waals surface area (Å²) in [5.41, 5.74) is 3.05. The quantitative estimate of drug-likeness (QED) is 0.694. The summed E-state index contributed by atoms with van der Waals surface area (Å²) in [4.78, 5) is 27.8. The van der Waals surface area contributed by atoms with Crippen molar-refractivity contribution in [3.8, 4) is 0 Å². The Balaban J connectivity index is 1.53. The van der Waals surface area contributed by atoms with Crippen LogP contribution in [0, 0.1) is 13.8 Å². The van der Waals surface area contributed by atoms with Gasteiger partial charge in [0, 0.05) is 42.8 Å². The topological polar surface area (TPSA) is 54.3 Å². The van der Waals surface area contributed by atoms with Gasteiger partial charge in [-0.3, -0.25) is 9.36 Å². The molecule has 3 aromatic rings. The van der Waals surface area contributed by atoms with Crippen molar-refractivity contribution in [1.29, 1.82) is 0 Å². The lowest BCUT2D eigenvalue weighted by molar-refractivity contribution is 0.573. The number of piperazine rings is 1. The monoisotopic (exact) mass is 383 g/mol. The maximum Gasteiger partial charge on any atom is 0.261 e. The van der Waals surface area contributed by atoms with Gasteiger partial charge in [0.2, 0.25) is 0 Å². The number of rotatable bonds is 3. The second-order valence-electron chi connectivity index (χ2n) is 7.36. The molecule has 27 heavy (non-hydrogen) atoms. The van der Waals surface area contributed by atoms with E-state index in [-0.39, 0.29) is 11.6 Å². The maximum atomic E-state index is 12.6. The first-order valence-corrected chi connectivity index (χ1v) is 10.2. The molecule has 0 spiro atoms. The molecule has 0 bridgehead atoms. The van der Waals surface area contributed by atoms with Crippen molar-refractivity contribution in [1.82, 2.24) is 14.5 Å². The number of anilines is 2. The number of nitrogens with zero attached hydrogens (tertiary/aromatic N) is 5. The summed E-state index contributed by atoms with van der Waals surface area (Å²) < 4.78 is 1.68. The third-order valence-corrected chi connectivity index (χ3v) is 6.39. The SMILES string of the molecule is Cc1nc(N2CCN(c3ccc4c(=O)n(C(C)C)cnc4c3)CC2)sc1C. The summed E-state index contributed by atoms with van der Waals surface area (Å²) in [6.07, 6.45) is 1.66. The zero-order chi connectivity index (χ0) is 19.1. The van der Waals surface area contributed by atoms with Crippen molar-refractivity contribution in [2.45, 2.75) is 33.7 Å². The molecule has 4 rings (SSSR count). The first-order valence-electron chi connectivity index (χ1n) is 9.39. The molecule has 2 aromatic heterocycles. The van der Waals surface area contributed by atoms with Crippen LogP contribution in [-0.2, 0) is 0 Å². The number of hydrogen-bond acceptors (Lipinski definition) is 6. The predicted molar refractivity (Wildman–Crippen MR) is 112 cm³/mol. The molecule has 1 fully saturated rings. The van der Waals surface area contributed by atoms with E-state index < -0.39 is 0 Å². The molecule has 142 valence electrons. The number of aromatic nitrogens is 3. The van der Waals surface area contributed by atoms with Gasteiger partial charge >= 0.3 is 0 Å². The highest BCUT2D eigenvalue weighted by atomic mass is 32.1. The number of thiazole rings is 1. The highest BCUT2D eigenvalue weighted by Gasteiger charge is 2.20. The van der Waals surface area contributed by atoms with Crippen molar-refractivity contribution < 1.29 is 0 Å². The van der Waals surface area contributed by atoms with E-state index in [0.29, 0.717) is 5.39 Å². The molecule has 0 radical (unpaired) electrons. The molecule has 1 aliphatic rings. The Morgan fingerprint density at radius 3 is 2.41 bits per heavy atom. The van der Waals surface area contributed by atoms with E-state index in [1.165, 1.54) is 4.88 Å². The van der Waals surface area contributed by atoms with Gasteiger partial charge in [0.05, 0.1) is 22.9 Å². The summed E-state index contributed by atoms with van der Waals surface area (Å²) in [5.74, 6) is 0. The minimum absolute atomic E-state index is 0.0286. The standard InChI is InChI=1S/C20H25N5OS/c1-13(2)25-12-21-18-11-16(5-6-17(18)19(25)26)23-7-9-24(10-8-23)20-22-14(3)15(4)27-20/h5-6,11-13H,7-10H2,1-4H3. The lowest BCUT2D eigenvalue weighted by Crippen LogP contribution is -2.46. The lowest BCUT2D eigenvalue weighted by atomic mass is 10.2. The maximum absolute atomic E-state index is 12.6. The van der Waals surface area contributed by atoms with Crippen LogP contribution in [0.25, 0.3) is 10.9 Å². The molecule has 0 atom stereocenters. The Labute approximate surface area is 163 Å². The minimum atomic E-state index is 0.0286. The Morgan fingerprint density at radius 2 is 1.78 bits per heavy atom. The fourth-order valence-corrected chi connectivity index (χ4v) is 4.40. The molecular weight excluding hydrogens is 358 g/mol. The lowest BCUT2D eigenvalue weighted by Gasteiger charge is -2.36. The molecule has 0 aliphatic carbocycles. The van der Waals surface area contributed by atoms with E-state index in [1.807, 2.05) is 32.0 Å². The summed E-state index contributed by atoms with van der Waals surface area (Å²) in [7, 11) is 0. The third kappa shape index (κ3) is 3.32. The smallest absolute Gasteiger partial charge is 0.261 e. The van der Waals surface area contributed by atoms with Crippen LogP contribution in [0.3, 0.4) is 0 Å². The molecule has 1 saturated heterocycles. The second kappa shape index (κ2) is 6.96. The van der Waals surface area contributed by atoms with Gasteiger partial charge in [-0.05, 0) is 45.9 Å². The molecule has 0 unspecified atom stereocenters. The van der Waals surface area contributed by atoms with Crippen LogP contribution in [0.4, 0.5) is 10.8 Å². The number of hydrogen-bond donors (Lipinski definition) is 0. The summed E-state index contributed by atoms with van der Waals surface area (Å²) in [5, 5.41) is 1.81. The van der Waals surface area contributed by atoms with E-state index in [0.717, 1.165) is 48.2 Å². The molecule has 0 N–H and O–H groups in total. The largest absolute Gasteiger partial charge is 0.368 e. The fourth-order valence-electron chi connectivity index (χ4n) is 3.44. The fraction of sp³-hybridized carbons (Fsp3) is 0.450. The minimum Gasteiger partial charge on any atom is -0.368 e. The second-order valence-corrected chi connectivity index (χ2v) is 8.55. The number of aryl methyl sites for hydroxylation is 2. The van der Waals surface area contributed by atoms with Crippen molar-refractivity contribution in [2.75, 3.05) is 36.0 Å². The van der Waals surface area contributed by atoms with Gasteiger partial charge in [-0.1, -0.05) is 0 Å². The van der Waals surface area contributed by atoms with E-state index in [2.05, 4.69) is 33.6 Å². The molecule has 7 heteroatoms. The van der Waals surface area contributed by atoms with E-state index in [9.17, 15) is 4.79 Å². The van der Waals surface area contributed by atoms with Gasteiger partial charge in [-0.25, -0.2) is 9.97 Å². The molecule has 1 aliphatic heterocycles. The van der Waals surface area contributed by atoms with Crippen LogP contribution in [-0.4, -0.2) is 40.7 Å². The van der Waals surface area contributed by atoms with Crippen molar-refractivity contribution >= 4 is 33.1 Å². The van der Waals surface area contributed by atoms with Crippen molar-refractivity contribution in [3.63, 3.8) is 0 Å². The van der Waals surface area contributed by atoms with Crippen LogP contribution >= 0.6 is 11.3 Å². The van der Waals surface area contributed by atoms with E-state index in [1.54, 1.807) is 22.2 Å². The van der Waals surface area contributed by atoms with Crippen LogP contribution in [0.15, 0.2) is 29.3 Å². The van der Waals surface area contributed by atoms with Crippen molar-refractivity contribution in [3.05, 3.63) is 45.5 Å². The van der Waals surface area contributed by atoms with Gasteiger partial charge in [0.15, 0.2) is 5.13 Å². The Morgan fingerprint density at radius 1 is 1.07 bits per heavy atom. The van der Waals surface area contributed by atoms with Crippen LogP contribution in [0.5, 0.6) is 0 Å². The summed E-state index contributed by atoms with van der Waals surface area (Å²) >= 11 is 1.77. The van der Waals surface area contributed by atoms with E-state index in [4.69, 9.17) is 0 Å². The molecule has 3 heterocycles. The van der Waals surface area contributed by atoms with Gasteiger partial charge < -0.3 is 9.80 Å². The van der Waals surface area contributed by atoms with E-state index >= 15 is 0 Å². The van der Waals surface area contributed by atoms with Crippen LogP contribution < -0.4 is 15.4 Å². The van der Waals surface area contributed by atoms with Gasteiger partial charge in [0.1, 0.15) is 0 Å².